The van der Waals surface area contributed by atoms with Gasteiger partial charge in [-0.3, -0.25) is 4.79 Å². The van der Waals surface area contributed by atoms with Crippen molar-refractivity contribution >= 4 is 11.6 Å². The van der Waals surface area contributed by atoms with Crippen molar-refractivity contribution in [2.45, 2.75) is 19.0 Å². The summed E-state index contributed by atoms with van der Waals surface area (Å²) in [5, 5.41) is 2.37. The number of benzene rings is 1. The molecule has 3 nitrogen and oxygen atoms in total. The zero-order valence-electron chi connectivity index (χ0n) is 9.30. The molecule has 1 heterocycles. The molecule has 1 aromatic carbocycles. The van der Waals surface area contributed by atoms with E-state index in [0.29, 0.717) is 12.8 Å². The van der Waals surface area contributed by atoms with E-state index in [1.54, 1.807) is 0 Å². The third-order valence-corrected chi connectivity index (χ3v) is 3.41. The van der Waals surface area contributed by atoms with Crippen molar-refractivity contribution in [2.75, 3.05) is 11.9 Å². The molecule has 1 aliphatic heterocycles. The van der Waals surface area contributed by atoms with Gasteiger partial charge in [0.1, 0.15) is 12.4 Å². The van der Waals surface area contributed by atoms with E-state index in [9.17, 15) is 18.0 Å². The molecule has 0 saturated heterocycles. The molecule has 3 rings (SSSR count). The molecule has 1 amide bonds. The van der Waals surface area contributed by atoms with Crippen LogP contribution in [0.5, 0.6) is 5.75 Å². The van der Waals surface area contributed by atoms with Crippen LogP contribution in [0.3, 0.4) is 0 Å². The van der Waals surface area contributed by atoms with E-state index in [4.69, 9.17) is 4.74 Å². The number of carbonyl (C=O) groups excluding carboxylic acids is 1. The third-order valence-electron chi connectivity index (χ3n) is 3.41. The second kappa shape index (κ2) is 3.40. The van der Waals surface area contributed by atoms with Gasteiger partial charge in [0, 0.05) is 0 Å². The first-order valence-electron chi connectivity index (χ1n) is 5.57. The lowest BCUT2D eigenvalue weighted by Crippen LogP contribution is -2.27. The molecule has 1 aromatic rings. The Hall–Kier alpha value is -1.72. The molecule has 1 aliphatic carbocycles. The lowest BCUT2D eigenvalue weighted by molar-refractivity contribution is -0.137. The van der Waals surface area contributed by atoms with E-state index >= 15 is 0 Å². The standard InChI is InChI=1S/C12H10F3NO2/c13-12(14,15)7-2-1-3-8-9(7)16-10(17)11(4-5-11)6-18-8/h1-3H,4-6H2,(H,16,17). The predicted molar refractivity (Wildman–Crippen MR) is 57.2 cm³/mol. The number of halogens is 3. The summed E-state index contributed by atoms with van der Waals surface area (Å²) in [5.74, 6) is -0.292. The van der Waals surface area contributed by atoms with E-state index < -0.39 is 17.2 Å². The van der Waals surface area contributed by atoms with Crippen LogP contribution in [0.15, 0.2) is 18.2 Å². The number of anilines is 1. The maximum Gasteiger partial charge on any atom is 0.418 e. The van der Waals surface area contributed by atoms with E-state index in [-0.39, 0.29) is 24.0 Å². The molecule has 96 valence electrons. The van der Waals surface area contributed by atoms with Gasteiger partial charge in [-0.2, -0.15) is 13.2 Å². The van der Waals surface area contributed by atoms with Gasteiger partial charge in [0.05, 0.1) is 16.7 Å². The van der Waals surface area contributed by atoms with Crippen molar-refractivity contribution in [1.29, 1.82) is 0 Å². The van der Waals surface area contributed by atoms with Crippen LogP contribution in [0, 0.1) is 5.41 Å². The zero-order chi connectivity index (χ0) is 13.0. The number of ether oxygens (including phenoxy) is 1. The Kier molecular flexibility index (Phi) is 2.15. The summed E-state index contributed by atoms with van der Waals surface area (Å²) in [6, 6.07) is 3.65. The first-order valence-corrected chi connectivity index (χ1v) is 5.57. The van der Waals surface area contributed by atoms with Gasteiger partial charge in [-0.15, -0.1) is 0 Å². The fraction of sp³-hybridized carbons (Fsp3) is 0.417. The van der Waals surface area contributed by atoms with Crippen molar-refractivity contribution in [2.24, 2.45) is 5.41 Å². The molecule has 6 heteroatoms. The maximum atomic E-state index is 12.8. The minimum atomic E-state index is -4.51. The number of carbonyl (C=O) groups is 1. The first kappa shape index (κ1) is 11.4. The average molecular weight is 257 g/mol. The number of nitrogens with one attached hydrogen (secondary N) is 1. The molecule has 2 aliphatic rings. The number of para-hydroxylation sites is 1. The Balaban J connectivity index is 2.07. The lowest BCUT2D eigenvalue weighted by atomic mass is 10.1. The van der Waals surface area contributed by atoms with Gasteiger partial charge in [-0.25, -0.2) is 0 Å². The van der Waals surface area contributed by atoms with Crippen LogP contribution < -0.4 is 10.1 Å². The molecule has 0 atom stereocenters. The average Bonchev–Trinajstić information content (AvgIpc) is 3.07. The quantitative estimate of drug-likeness (QED) is 0.776. The lowest BCUT2D eigenvalue weighted by Gasteiger charge is -2.14. The Labute approximate surface area is 101 Å². The van der Waals surface area contributed by atoms with Crippen molar-refractivity contribution in [3.63, 3.8) is 0 Å². The molecule has 0 bridgehead atoms. The molecule has 0 unspecified atom stereocenters. The van der Waals surface area contributed by atoms with Gasteiger partial charge in [-0.1, -0.05) is 6.07 Å². The number of rotatable bonds is 0. The summed E-state index contributed by atoms with van der Waals surface area (Å²) in [5.41, 5.74) is -1.76. The molecule has 1 N–H and O–H groups in total. The van der Waals surface area contributed by atoms with E-state index in [1.165, 1.54) is 12.1 Å². The topological polar surface area (TPSA) is 38.3 Å². The molecule has 18 heavy (non-hydrogen) atoms. The highest BCUT2D eigenvalue weighted by atomic mass is 19.4. The van der Waals surface area contributed by atoms with Crippen LogP contribution in [-0.4, -0.2) is 12.5 Å². The van der Waals surface area contributed by atoms with Gasteiger partial charge in [0.2, 0.25) is 5.91 Å². The summed E-state index contributed by atoms with van der Waals surface area (Å²) >= 11 is 0. The smallest absolute Gasteiger partial charge is 0.418 e. The number of fused-ring (bicyclic) bond motifs is 1. The monoisotopic (exact) mass is 257 g/mol. The molecule has 1 spiro atoms. The molecule has 1 saturated carbocycles. The first-order chi connectivity index (χ1) is 8.42. The second-order valence-corrected chi connectivity index (χ2v) is 4.70. The SMILES string of the molecule is O=C1Nc2c(cccc2C(F)(F)F)OCC12CC2. The summed E-state index contributed by atoms with van der Waals surface area (Å²) < 4.78 is 43.9. The largest absolute Gasteiger partial charge is 0.490 e. The van der Waals surface area contributed by atoms with Crippen LogP contribution in [0.1, 0.15) is 18.4 Å². The van der Waals surface area contributed by atoms with Gasteiger partial charge in [0.15, 0.2) is 0 Å². The zero-order valence-corrected chi connectivity index (χ0v) is 9.30. The van der Waals surface area contributed by atoms with Gasteiger partial charge in [-0.05, 0) is 25.0 Å². The molecular weight excluding hydrogens is 247 g/mol. The minimum Gasteiger partial charge on any atom is -0.490 e. The van der Waals surface area contributed by atoms with Crippen molar-refractivity contribution in [1.82, 2.24) is 0 Å². The maximum absolute atomic E-state index is 12.8. The van der Waals surface area contributed by atoms with Crippen LogP contribution >= 0.6 is 0 Å². The second-order valence-electron chi connectivity index (χ2n) is 4.70. The summed E-state index contributed by atoms with van der Waals surface area (Å²) in [4.78, 5) is 11.9. The van der Waals surface area contributed by atoms with Crippen molar-refractivity contribution < 1.29 is 22.7 Å². The van der Waals surface area contributed by atoms with Gasteiger partial charge >= 0.3 is 6.18 Å². The van der Waals surface area contributed by atoms with Crippen LogP contribution in [0.2, 0.25) is 0 Å². The van der Waals surface area contributed by atoms with E-state index in [2.05, 4.69) is 5.32 Å². The summed E-state index contributed by atoms with van der Waals surface area (Å²) in [6.07, 6.45) is -3.19. The Morgan fingerprint density at radius 1 is 1.28 bits per heavy atom. The number of amides is 1. The van der Waals surface area contributed by atoms with Crippen molar-refractivity contribution in [3.05, 3.63) is 23.8 Å². The Bertz CT molecular complexity index is 521. The number of hydrogen-bond donors (Lipinski definition) is 1. The summed E-state index contributed by atoms with van der Waals surface area (Å²) in [7, 11) is 0. The minimum absolute atomic E-state index is 0.0851. The third kappa shape index (κ3) is 1.63. The fourth-order valence-corrected chi connectivity index (χ4v) is 2.07. The van der Waals surface area contributed by atoms with Crippen molar-refractivity contribution in [3.8, 4) is 5.75 Å². The molecule has 1 fully saturated rings. The highest BCUT2D eigenvalue weighted by Gasteiger charge is 2.52. The van der Waals surface area contributed by atoms with Crippen LogP contribution in [0.4, 0.5) is 18.9 Å². The normalized spacial score (nSPS) is 20.7. The van der Waals surface area contributed by atoms with Gasteiger partial charge < -0.3 is 10.1 Å². The van der Waals surface area contributed by atoms with Crippen LogP contribution in [-0.2, 0) is 11.0 Å². The number of hydrogen-bond acceptors (Lipinski definition) is 2. The molecule has 0 aromatic heterocycles. The highest BCUT2D eigenvalue weighted by Crippen LogP contribution is 2.50. The van der Waals surface area contributed by atoms with Gasteiger partial charge in [0.25, 0.3) is 0 Å². The van der Waals surface area contributed by atoms with Crippen LogP contribution in [0.25, 0.3) is 0 Å². The molecule has 0 radical (unpaired) electrons. The Morgan fingerprint density at radius 3 is 2.61 bits per heavy atom. The summed E-state index contributed by atoms with van der Waals surface area (Å²) in [6.45, 7) is 0.146. The number of alkyl halides is 3. The fourth-order valence-electron chi connectivity index (χ4n) is 2.07. The van der Waals surface area contributed by atoms with E-state index in [0.717, 1.165) is 6.07 Å². The predicted octanol–water partition coefficient (Wildman–Crippen LogP) is 2.82. The highest BCUT2D eigenvalue weighted by molar-refractivity contribution is 5.99. The Morgan fingerprint density at radius 2 is 2.00 bits per heavy atom. The molecular formula is C12H10F3NO2. The van der Waals surface area contributed by atoms with E-state index in [1.807, 2.05) is 0 Å².